The number of ether oxygens (including phenoxy) is 2. The minimum absolute atomic E-state index is 0.0349. The van der Waals surface area contributed by atoms with Crippen molar-refractivity contribution in [2.75, 3.05) is 27.3 Å². The van der Waals surface area contributed by atoms with Crippen LogP contribution in [0.25, 0.3) is 0 Å². The monoisotopic (exact) mass is 252 g/mol. The summed E-state index contributed by atoms with van der Waals surface area (Å²) in [6, 6.07) is 7.24. The number of carbonyl (C=O) groups is 1. The molecule has 0 bridgehead atoms. The van der Waals surface area contributed by atoms with E-state index < -0.39 is 0 Å². The van der Waals surface area contributed by atoms with E-state index in [1.807, 2.05) is 31.2 Å². The van der Waals surface area contributed by atoms with Crippen molar-refractivity contribution in [3.63, 3.8) is 0 Å². The maximum Gasteiger partial charge on any atom is 0.236 e. The minimum atomic E-state index is -0.226. The zero-order chi connectivity index (χ0) is 13.4. The van der Waals surface area contributed by atoms with Crippen molar-refractivity contribution in [2.24, 2.45) is 0 Å². The van der Waals surface area contributed by atoms with Gasteiger partial charge >= 0.3 is 0 Å². The van der Waals surface area contributed by atoms with Crippen LogP contribution >= 0.6 is 0 Å². The Kier molecular flexibility index (Phi) is 6.00. The van der Waals surface area contributed by atoms with Gasteiger partial charge < -0.3 is 20.1 Å². The molecule has 0 aliphatic heterocycles. The van der Waals surface area contributed by atoms with Crippen molar-refractivity contribution in [3.8, 4) is 11.5 Å². The van der Waals surface area contributed by atoms with E-state index in [2.05, 4.69) is 10.6 Å². The molecule has 1 aromatic rings. The van der Waals surface area contributed by atoms with Gasteiger partial charge in [-0.25, -0.2) is 0 Å². The number of benzene rings is 1. The SMILES string of the molecule is CNC(=O)C(C)NCCOc1ccccc1OC. The first-order valence-corrected chi connectivity index (χ1v) is 5.89. The Bertz CT molecular complexity index is 382. The van der Waals surface area contributed by atoms with Crippen LogP contribution < -0.4 is 20.1 Å². The van der Waals surface area contributed by atoms with Crippen molar-refractivity contribution in [3.05, 3.63) is 24.3 Å². The van der Waals surface area contributed by atoms with E-state index in [1.54, 1.807) is 14.2 Å². The third-order valence-corrected chi connectivity index (χ3v) is 2.52. The van der Waals surface area contributed by atoms with Crippen LogP contribution in [0.3, 0.4) is 0 Å². The van der Waals surface area contributed by atoms with Crippen molar-refractivity contribution in [1.29, 1.82) is 0 Å². The molecule has 0 saturated carbocycles. The Labute approximate surface area is 107 Å². The molecule has 1 rings (SSSR count). The molecule has 0 spiro atoms. The van der Waals surface area contributed by atoms with Gasteiger partial charge in [-0.2, -0.15) is 0 Å². The normalized spacial score (nSPS) is 11.7. The summed E-state index contributed by atoms with van der Waals surface area (Å²) < 4.78 is 10.7. The van der Waals surface area contributed by atoms with Gasteiger partial charge in [0.25, 0.3) is 0 Å². The topological polar surface area (TPSA) is 59.6 Å². The van der Waals surface area contributed by atoms with Crippen LogP contribution in [0.2, 0.25) is 0 Å². The predicted molar refractivity (Wildman–Crippen MR) is 70.0 cm³/mol. The summed E-state index contributed by atoms with van der Waals surface area (Å²) in [5.41, 5.74) is 0. The molecule has 0 aromatic heterocycles. The Morgan fingerprint density at radius 2 is 2.00 bits per heavy atom. The molecular weight excluding hydrogens is 232 g/mol. The summed E-state index contributed by atoms with van der Waals surface area (Å²) in [6.07, 6.45) is 0. The second-order valence-electron chi connectivity index (χ2n) is 3.79. The standard InChI is InChI=1S/C13H20N2O3/c1-10(13(16)14-2)15-8-9-18-12-7-5-4-6-11(12)17-3/h4-7,10,15H,8-9H2,1-3H3,(H,14,16). The third-order valence-electron chi connectivity index (χ3n) is 2.52. The van der Waals surface area contributed by atoms with Gasteiger partial charge in [-0.3, -0.25) is 4.79 Å². The highest BCUT2D eigenvalue weighted by atomic mass is 16.5. The lowest BCUT2D eigenvalue weighted by Crippen LogP contribution is -2.42. The fourth-order valence-corrected chi connectivity index (χ4v) is 1.48. The molecule has 100 valence electrons. The van der Waals surface area contributed by atoms with Gasteiger partial charge in [-0.1, -0.05) is 12.1 Å². The van der Waals surface area contributed by atoms with Crippen LogP contribution in [-0.4, -0.2) is 39.3 Å². The first-order valence-electron chi connectivity index (χ1n) is 5.89. The Hall–Kier alpha value is -1.75. The third kappa shape index (κ3) is 4.25. The van der Waals surface area contributed by atoms with E-state index >= 15 is 0 Å². The zero-order valence-corrected chi connectivity index (χ0v) is 11.0. The highest BCUT2D eigenvalue weighted by Crippen LogP contribution is 2.25. The molecule has 1 atom stereocenters. The van der Waals surface area contributed by atoms with Crippen LogP contribution in [-0.2, 0) is 4.79 Å². The van der Waals surface area contributed by atoms with Gasteiger partial charge in [0, 0.05) is 13.6 Å². The highest BCUT2D eigenvalue weighted by Gasteiger charge is 2.09. The fraction of sp³-hybridized carbons (Fsp3) is 0.462. The Balaban J connectivity index is 2.31. The van der Waals surface area contributed by atoms with Crippen molar-refractivity contribution < 1.29 is 14.3 Å². The quantitative estimate of drug-likeness (QED) is 0.705. The molecule has 18 heavy (non-hydrogen) atoms. The number of hydrogen-bond donors (Lipinski definition) is 2. The molecule has 1 amide bonds. The number of amides is 1. The largest absolute Gasteiger partial charge is 0.493 e. The Morgan fingerprint density at radius 3 is 2.61 bits per heavy atom. The number of nitrogens with one attached hydrogen (secondary N) is 2. The molecule has 1 unspecified atom stereocenters. The van der Waals surface area contributed by atoms with Gasteiger partial charge in [0.2, 0.25) is 5.91 Å². The van der Waals surface area contributed by atoms with Crippen LogP contribution in [0, 0.1) is 0 Å². The molecule has 5 heteroatoms. The summed E-state index contributed by atoms with van der Waals surface area (Å²) >= 11 is 0. The van der Waals surface area contributed by atoms with E-state index in [9.17, 15) is 4.79 Å². The van der Waals surface area contributed by atoms with E-state index in [-0.39, 0.29) is 11.9 Å². The average molecular weight is 252 g/mol. The van der Waals surface area contributed by atoms with Crippen LogP contribution in [0.5, 0.6) is 11.5 Å². The molecule has 0 radical (unpaired) electrons. The highest BCUT2D eigenvalue weighted by molar-refractivity contribution is 5.80. The minimum Gasteiger partial charge on any atom is -0.493 e. The maximum atomic E-state index is 11.2. The van der Waals surface area contributed by atoms with E-state index in [1.165, 1.54) is 0 Å². The number of para-hydroxylation sites is 2. The van der Waals surface area contributed by atoms with Crippen LogP contribution in [0.4, 0.5) is 0 Å². The average Bonchev–Trinajstić information content (AvgIpc) is 2.42. The molecule has 2 N–H and O–H groups in total. The smallest absolute Gasteiger partial charge is 0.236 e. The Morgan fingerprint density at radius 1 is 1.33 bits per heavy atom. The number of carbonyl (C=O) groups excluding carboxylic acids is 1. The number of hydrogen-bond acceptors (Lipinski definition) is 4. The molecule has 0 fully saturated rings. The second-order valence-corrected chi connectivity index (χ2v) is 3.79. The van der Waals surface area contributed by atoms with Gasteiger partial charge in [0.05, 0.1) is 13.2 Å². The molecule has 0 aliphatic rings. The van der Waals surface area contributed by atoms with E-state index in [0.717, 1.165) is 0 Å². The second kappa shape index (κ2) is 7.55. The molecule has 5 nitrogen and oxygen atoms in total. The van der Waals surface area contributed by atoms with Gasteiger partial charge in [-0.05, 0) is 19.1 Å². The summed E-state index contributed by atoms with van der Waals surface area (Å²) in [4.78, 5) is 11.2. The molecule has 1 aromatic carbocycles. The lowest BCUT2D eigenvalue weighted by atomic mass is 10.3. The molecule has 0 aliphatic carbocycles. The first-order chi connectivity index (χ1) is 8.69. The summed E-state index contributed by atoms with van der Waals surface area (Å²) in [6.45, 7) is 2.87. The van der Waals surface area contributed by atoms with Gasteiger partial charge in [-0.15, -0.1) is 0 Å². The number of rotatable bonds is 7. The molecular formula is C13H20N2O3. The first kappa shape index (κ1) is 14.3. The van der Waals surface area contributed by atoms with Crippen LogP contribution in [0.1, 0.15) is 6.92 Å². The summed E-state index contributed by atoms with van der Waals surface area (Å²) in [5.74, 6) is 1.37. The van der Waals surface area contributed by atoms with Gasteiger partial charge in [0.15, 0.2) is 11.5 Å². The summed E-state index contributed by atoms with van der Waals surface area (Å²) in [7, 11) is 3.22. The lowest BCUT2D eigenvalue weighted by molar-refractivity contribution is -0.122. The van der Waals surface area contributed by atoms with E-state index in [0.29, 0.717) is 24.7 Å². The molecule has 0 saturated heterocycles. The van der Waals surface area contributed by atoms with Crippen molar-refractivity contribution in [2.45, 2.75) is 13.0 Å². The predicted octanol–water partition coefficient (Wildman–Crippen LogP) is 0.798. The van der Waals surface area contributed by atoms with Crippen LogP contribution in [0.15, 0.2) is 24.3 Å². The summed E-state index contributed by atoms with van der Waals surface area (Å²) in [5, 5.41) is 5.64. The maximum absolute atomic E-state index is 11.2. The fourth-order valence-electron chi connectivity index (χ4n) is 1.48. The lowest BCUT2D eigenvalue weighted by Gasteiger charge is -2.13. The number of likely N-dealkylation sites (N-methyl/N-ethyl adjacent to an activating group) is 1. The van der Waals surface area contributed by atoms with E-state index in [4.69, 9.17) is 9.47 Å². The number of methoxy groups -OCH3 is 1. The zero-order valence-electron chi connectivity index (χ0n) is 11.0. The molecule has 0 heterocycles. The van der Waals surface area contributed by atoms with Crippen molar-refractivity contribution in [1.82, 2.24) is 10.6 Å². The van der Waals surface area contributed by atoms with Gasteiger partial charge in [0.1, 0.15) is 6.61 Å². The van der Waals surface area contributed by atoms with Crippen molar-refractivity contribution >= 4 is 5.91 Å².